The molecule has 0 N–H and O–H groups in total. The van der Waals surface area contributed by atoms with Gasteiger partial charge in [0.1, 0.15) is 0 Å². The van der Waals surface area contributed by atoms with Crippen LogP contribution in [0, 0.1) is 12.5 Å². The summed E-state index contributed by atoms with van der Waals surface area (Å²) in [5.74, 6) is 0.753. The van der Waals surface area contributed by atoms with E-state index in [-0.39, 0.29) is 0 Å². The van der Waals surface area contributed by atoms with Gasteiger partial charge in [0.25, 0.3) is 0 Å². The van der Waals surface area contributed by atoms with Gasteiger partial charge < -0.3 is 4.74 Å². The van der Waals surface area contributed by atoms with Gasteiger partial charge in [0.05, 0.1) is 6.61 Å². The summed E-state index contributed by atoms with van der Waals surface area (Å²) in [6.07, 6.45) is 3.47. The summed E-state index contributed by atoms with van der Waals surface area (Å²) in [6, 6.07) is 0. The predicted molar refractivity (Wildman–Crippen MR) is 44.6 cm³/mol. The Kier molecular flexibility index (Phi) is 7.04. The molecule has 0 aliphatic rings. The molecule has 0 saturated carbocycles. The Hall–Kier alpha value is -0.0400. The molecular weight excluding hydrogens is 124 g/mol. The highest BCUT2D eigenvalue weighted by Gasteiger charge is 2.01. The van der Waals surface area contributed by atoms with E-state index < -0.39 is 0 Å². The third kappa shape index (κ3) is 4.80. The molecule has 0 aromatic carbocycles. The van der Waals surface area contributed by atoms with Crippen LogP contribution in [0.5, 0.6) is 0 Å². The summed E-state index contributed by atoms with van der Waals surface area (Å²) in [4.78, 5) is 0. The number of ether oxygens (including phenoxy) is 1. The van der Waals surface area contributed by atoms with Gasteiger partial charge in [-0.15, -0.1) is 0 Å². The van der Waals surface area contributed by atoms with Gasteiger partial charge in [0, 0.05) is 6.61 Å². The van der Waals surface area contributed by atoms with Gasteiger partial charge in [-0.1, -0.05) is 33.6 Å². The zero-order valence-corrected chi connectivity index (χ0v) is 7.39. The number of rotatable bonds is 6. The second-order valence-electron chi connectivity index (χ2n) is 2.59. The Bertz CT molecular complexity index is 57.7. The maximum Gasteiger partial charge on any atom is 0.0834 e. The zero-order chi connectivity index (χ0) is 7.82. The Morgan fingerprint density at radius 2 is 1.80 bits per heavy atom. The minimum atomic E-state index is 0.753. The average molecular weight is 143 g/mol. The van der Waals surface area contributed by atoms with E-state index in [0.717, 1.165) is 18.9 Å². The molecule has 1 heteroatoms. The van der Waals surface area contributed by atoms with Crippen LogP contribution in [0.4, 0.5) is 0 Å². The second-order valence-corrected chi connectivity index (χ2v) is 2.59. The molecule has 0 rings (SSSR count). The smallest absolute Gasteiger partial charge is 0.0834 e. The third-order valence-electron chi connectivity index (χ3n) is 1.77. The maximum absolute atomic E-state index is 5.30. The van der Waals surface area contributed by atoms with Gasteiger partial charge in [0.2, 0.25) is 0 Å². The molecule has 0 heterocycles. The van der Waals surface area contributed by atoms with Gasteiger partial charge in [-0.3, -0.25) is 0 Å². The van der Waals surface area contributed by atoms with Crippen LogP contribution in [-0.2, 0) is 4.74 Å². The van der Waals surface area contributed by atoms with Crippen LogP contribution in [-0.4, -0.2) is 6.61 Å². The molecule has 0 unspecified atom stereocenters. The van der Waals surface area contributed by atoms with Crippen molar-refractivity contribution >= 4 is 0 Å². The molecule has 0 bridgehead atoms. The standard InChI is InChI=1S/C9H19O/c1-4-7-10-8-9(5-2)6-3/h7,9H,4-6,8H2,1-3H3. The van der Waals surface area contributed by atoms with Crippen molar-refractivity contribution in [3.05, 3.63) is 6.61 Å². The van der Waals surface area contributed by atoms with Crippen LogP contribution in [0.2, 0.25) is 0 Å². The van der Waals surface area contributed by atoms with E-state index in [1.807, 2.05) is 6.61 Å². The fourth-order valence-corrected chi connectivity index (χ4v) is 0.846. The van der Waals surface area contributed by atoms with Crippen molar-refractivity contribution in [3.63, 3.8) is 0 Å². The minimum absolute atomic E-state index is 0.753. The van der Waals surface area contributed by atoms with Crippen LogP contribution in [0.1, 0.15) is 40.0 Å². The topological polar surface area (TPSA) is 9.23 Å². The van der Waals surface area contributed by atoms with Crippen molar-refractivity contribution in [1.29, 1.82) is 0 Å². The molecule has 0 aromatic heterocycles. The third-order valence-corrected chi connectivity index (χ3v) is 1.77. The van der Waals surface area contributed by atoms with Crippen molar-refractivity contribution in [2.24, 2.45) is 5.92 Å². The van der Waals surface area contributed by atoms with Gasteiger partial charge in [-0.2, -0.15) is 0 Å². The van der Waals surface area contributed by atoms with Crippen molar-refractivity contribution in [2.45, 2.75) is 40.0 Å². The van der Waals surface area contributed by atoms with Crippen molar-refractivity contribution in [2.75, 3.05) is 6.61 Å². The molecule has 0 aliphatic carbocycles. The highest BCUT2D eigenvalue weighted by Crippen LogP contribution is 2.08. The molecule has 0 atom stereocenters. The van der Waals surface area contributed by atoms with E-state index in [1.54, 1.807) is 0 Å². The molecule has 1 radical (unpaired) electrons. The summed E-state index contributed by atoms with van der Waals surface area (Å²) in [7, 11) is 0. The Morgan fingerprint density at radius 1 is 1.20 bits per heavy atom. The van der Waals surface area contributed by atoms with Crippen LogP contribution in [0.25, 0.3) is 0 Å². The zero-order valence-electron chi connectivity index (χ0n) is 7.39. The first-order valence-corrected chi connectivity index (χ1v) is 4.28. The summed E-state index contributed by atoms with van der Waals surface area (Å²) >= 11 is 0. The average Bonchev–Trinajstić information content (AvgIpc) is 1.99. The molecule has 61 valence electrons. The van der Waals surface area contributed by atoms with Crippen LogP contribution < -0.4 is 0 Å². The first kappa shape index (κ1) is 9.96. The predicted octanol–water partition coefficient (Wildman–Crippen LogP) is 3.01. The lowest BCUT2D eigenvalue weighted by molar-refractivity contribution is 0.146. The van der Waals surface area contributed by atoms with Gasteiger partial charge in [-0.05, 0) is 12.3 Å². The Labute approximate surface area is 64.8 Å². The molecule has 0 aliphatic heterocycles. The Morgan fingerprint density at radius 3 is 2.20 bits per heavy atom. The molecule has 0 aromatic rings. The highest BCUT2D eigenvalue weighted by atomic mass is 16.5. The van der Waals surface area contributed by atoms with Crippen LogP contribution in [0.3, 0.4) is 0 Å². The normalized spacial score (nSPS) is 10.8. The molecule has 0 amide bonds. The van der Waals surface area contributed by atoms with E-state index in [0.29, 0.717) is 0 Å². The SMILES string of the molecule is CC[CH]OCC(CC)CC. The van der Waals surface area contributed by atoms with Gasteiger partial charge in [-0.25, -0.2) is 0 Å². The van der Waals surface area contributed by atoms with Crippen molar-refractivity contribution in [1.82, 2.24) is 0 Å². The largest absolute Gasteiger partial charge is 0.375 e. The molecule has 0 fully saturated rings. The summed E-state index contributed by atoms with van der Waals surface area (Å²) in [5, 5.41) is 0. The molecule has 0 saturated heterocycles. The first-order chi connectivity index (χ1) is 4.85. The maximum atomic E-state index is 5.30. The quantitative estimate of drug-likeness (QED) is 0.519. The fraction of sp³-hybridized carbons (Fsp3) is 0.889. The number of hydrogen-bond donors (Lipinski definition) is 0. The fourth-order valence-electron chi connectivity index (χ4n) is 0.846. The molecule has 1 nitrogen and oxygen atoms in total. The van der Waals surface area contributed by atoms with E-state index in [1.165, 1.54) is 12.8 Å². The Balaban J connectivity index is 3.09. The monoisotopic (exact) mass is 143 g/mol. The second kappa shape index (κ2) is 7.07. The van der Waals surface area contributed by atoms with E-state index in [2.05, 4.69) is 20.8 Å². The van der Waals surface area contributed by atoms with Gasteiger partial charge in [0.15, 0.2) is 0 Å². The van der Waals surface area contributed by atoms with E-state index >= 15 is 0 Å². The van der Waals surface area contributed by atoms with E-state index in [9.17, 15) is 0 Å². The molecule has 10 heavy (non-hydrogen) atoms. The molecule has 0 spiro atoms. The van der Waals surface area contributed by atoms with Crippen LogP contribution in [0.15, 0.2) is 0 Å². The minimum Gasteiger partial charge on any atom is -0.375 e. The summed E-state index contributed by atoms with van der Waals surface area (Å²) < 4.78 is 5.30. The first-order valence-electron chi connectivity index (χ1n) is 4.28. The lowest BCUT2D eigenvalue weighted by Gasteiger charge is -2.10. The summed E-state index contributed by atoms with van der Waals surface area (Å²) in [5.41, 5.74) is 0. The molecular formula is C9H19O. The van der Waals surface area contributed by atoms with Crippen molar-refractivity contribution < 1.29 is 4.74 Å². The number of hydrogen-bond acceptors (Lipinski definition) is 1. The van der Waals surface area contributed by atoms with Crippen LogP contribution >= 0.6 is 0 Å². The van der Waals surface area contributed by atoms with E-state index in [4.69, 9.17) is 4.74 Å². The lowest BCUT2D eigenvalue weighted by Crippen LogP contribution is -2.05. The lowest BCUT2D eigenvalue weighted by atomic mass is 10.1. The summed E-state index contributed by atoms with van der Waals surface area (Å²) in [6.45, 7) is 9.30. The van der Waals surface area contributed by atoms with Gasteiger partial charge >= 0.3 is 0 Å². The highest BCUT2D eigenvalue weighted by molar-refractivity contribution is 4.54. The van der Waals surface area contributed by atoms with Crippen molar-refractivity contribution in [3.8, 4) is 0 Å².